The van der Waals surface area contributed by atoms with Crippen LogP contribution in [-0.4, -0.2) is 38.5 Å². The number of para-hydroxylation sites is 1. The molecule has 2 aromatic carbocycles. The van der Waals surface area contributed by atoms with Gasteiger partial charge in [0.25, 0.3) is 0 Å². The number of rotatable bonds is 9. The van der Waals surface area contributed by atoms with E-state index < -0.39 is 0 Å². The van der Waals surface area contributed by atoms with Crippen LogP contribution < -0.4 is 10.1 Å². The lowest BCUT2D eigenvalue weighted by Crippen LogP contribution is -2.14. The zero-order chi connectivity index (χ0) is 23.2. The van der Waals surface area contributed by atoms with Crippen LogP contribution in [0.1, 0.15) is 19.4 Å². The highest BCUT2D eigenvalue weighted by molar-refractivity contribution is 7.99. The third-order valence-electron chi connectivity index (χ3n) is 5.12. The summed E-state index contributed by atoms with van der Waals surface area (Å²) in [6.07, 6.45) is 1.00. The van der Waals surface area contributed by atoms with Gasteiger partial charge in [-0.25, -0.2) is 4.98 Å². The molecule has 170 valence electrons. The van der Waals surface area contributed by atoms with Crippen molar-refractivity contribution in [3.63, 3.8) is 0 Å². The van der Waals surface area contributed by atoms with E-state index in [9.17, 15) is 4.79 Å². The Bertz CT molecular complexity index is 1230. The molecule has 0 atom stereocenters. The van der Waals surface area contributed by atoms with Crippen molar-refractivity contribution >= 4 is 34.1 Å². The lowest BCUT2D eigenvalue weighted by Gasteiger charge is -2.10. The Morgan fingerprint density at radius 2 is 1.91 bits per heavy atom. The lowest BCUT2D eigenvalue weighted by molar-refractivity contribution is -0.113. The summed E-state index contributed by atoms with van der Waals surface area (Å²) < 4.78 is 7.44. The van der Waals surface area contributed by atoms with E-state index in [0.29, 0.717) is 16.8 Å². The summed E-state index contributed by atoms with van der Waals surface area (Å²) in [5, 5.41) is 14.8. The molecule has 33 heavy (non-hydrogen) atoms. The smallest absolute Gasteiger partial charge is 0.236 e. The van der Waals surface area contributed by atoms with Crippen LogP contribution in [0, 0.1) is 0 Å². The van der Waals surface area contributed by atoms with Gasteiger partial charge in [0.15, 0.2) is 16.1 Å². The highest BCUT2D eigenvalue weighted by Crippen LogP contribution is 2.31. The number of aromatic nitrogens is 4. The van der Waals surface area contributed by atoms with E-state index in [2.05, 4.69) is 51.7 Å². The van der Waals surface area contributed by atoms with Gasteiger partial charge in [-0.15, -0.1) is 21.5 Å². The summed E-state index contributed by atoms with van der Waals surface area (Å²) in [6, 6.07) is 16.0. The van der Waals surface area contributed by atoms with Gasteiger partial charge in [0, 0.05) is 17.5 Å². The molecule has 0 saturated heterocycles. The van der Waals surface area contributed by atoms with E-state index in [1.807, 2.05) is 41.1 Å². The molecule has 0 bridgehead atoms. The number of aryl methyl sites for hydroxylation is 1. The molecule has 0 aliphatic rings. The minimum absolute atomic E-state index is 0.133. The van der Waals surface area contributed by atoms with Crippen molar-refractivity contribution in [1.82, 2.24) is 19.7 Å². The molecule has 0 spiro atoms. The Labute approximate surface area is 201 Å². The minimum atomic E-state index is -0.133. The van der Waals surface area contributed by atoms with Crippen LogP contribution in [0.25, 0.3) is 22.6 Å². The predicted octanol–water partition coefficient (Wildman–Crippen LogP) is 5.39. The van der Waals surface area contributed by atoms with E-state index in [-0.39, 0.29) is 11.7 Å². The number of thiazole rings is 1. The molecule has 0 fully saturated rings. The zero-order valence-electron chi connectivity index (χ0n) is 18.7. The molecule has 0 radical (unpaired) electrons. The Morgan fingerprint density at radius 1 is 1.12 bits per heavy atom. The van der Waals surface area contributed by atoms with Gasteiger partial charge in [0.05, 0.1) is 24.1 Å². The highest BCUT2D eigenvalue weighted by atomic mass is 32.2. The molecule has 0 unspecified atom stereocenters. The number of methoxy groups -OCH3 is 1. The number of hydrogen-bond acceptors (Lipinski definition) is 7. The maximum absolute atomic E-state index is 12.5. The Kier molecular flexibility index (Phi) is 7.41. The summed E-state index contributed by atoms with van der Waals surface area (Å²) in [5.74, 6) is 1.53. The Balaban J connectivity index is 1.40. The van der Waals surface area contributed by atoms with Crippen molar-refractivity contribution in [1.29, 1.82) is 0 Å². The molecular weight excluding hydrogens is 454 g/mol. The number of nitrogens with one attached hydrogen (secondary N) is 1. The van der Waals surface area contributed by atoms with Gasteiger partial charge in [-0.3, -0.25) is 4.79 Å². The van der Waals surface area contributed by atoms with Crippen LogP contribution in [-0.2, 0) is 17.8 Å². The van der Waals surface area contributed by atoms with Gasteiger partial charge in [0.2, 0.25) is 5.91 Å². The quantitative estimate of drug-likeness (QED) is 0.324. The number of carbonyl (C=O) groups is 1. The van der Waals surface area contributed by atoms with Crippen LogP contribution in [0.4, 0.5) is 5.13 Å². The standard InChI is InChI=1S/C24H25N5O2S2/c1-4-16-10-12-17(13-11-16)19-14-32-23(25-19)26-21(30)15-33-24-28-27-22(29(24)5-2)18-8-6-7-9-20(18)31-3/h6-14H,4-5,15H2,1-3H3,(H,25,26,30). The molecule has 0 saturated carbocycles. The number of hydrogen-bond donors (Lipinski definition) is 1. The molecule has 1 amide bonds. The first kappa shape index (κ1) is 23.0. The van der Waals surface area contributed by atoms with E-state index >= 15 is 0 Å². The maximum atomic E-state index is 12.5. The predicted molar refractivity (Wildman–Crippen MR) is 134 cm³/mol. The van der Waals surface area contributed by atoms with Gasteiger partial charge < -0.3 is 14.6 Å². The molecule has 4 rings (SSSR count). The van der Waals surface area contributed by atoms with Crippen molar-refractivity contribution in [2.75, 3.05) is 18.2 Å². The third kappa shape index (κ3) is 5.26. The zero-order valence-corrected chi connectivity index (χ0v) is 20.4. The van der Waals surface area contributed by atoms with Crippen LogP contribution >= 0.6 is 23.1 Å². The molecule has 2 heterocycles. The molecule has 0 aliphatic heterocycles. The van der Waals surface area contributed by atoms with Crippen molar-refractivity contribution in [2.24, 2.45) is 0 Å². The van der Waals surface area contributed by atoms with E-state index in [1.54, 1.807) is 7.11 Å². The van der Waals surface area contributed by atoms with Crippen LogP contribution in [0.15, 0.2) is 59.1 Å². The first-order valence-corrected chi connectivity index (χ1v) is 12.5. The minimum Gasteiger partial charge on any atom is -0.496 e. The van der Waals surface area contributed by atoms with E-state index in [1.165, 1.54) is 28.7 Å². The van der Waals surface area contributed by atoms with Crippen LogP contribution in [0.3, 0.4) is 0 Å². The summed E-state index contributed by atoms with van der Waals surface area (Å²) in [5.41, 5.74) is 4.05. The van der Waals surface area contributed by atoms with Crippen LogP contribution in [0.2, 0.25) is 0 Å². The SMILES string of the molecule is CCc1ccc(-c2csc(NC(=O)CSc3nnc(-c4ccccc4OC)n3CC)n2)cc1. The molecule has 1 N–H and O–H groups in total. The maximum Gasteiger partial charge on any atom is 0.236 e. The lowest BCUT2D eigenvalue weighted by atomic mass is 10.1. The van der Waals surface area contributed by atoms with Crippen molar-refractivity contribution in [3.8, 4) is 28.4 Å². The molecule has 0 aliphatic carbocycles. The summed E-state index contributed by atoms with van der Waals surface area (Å²) in [6.45, 7) is 4.83. The molecule has 7 nitrogen and oxygen atoms in total. The second-order valence-electron chi connectivity index (χ2n) is 7.18. The van der Waals surface area contributed by atoms with Gasteiger partial charge in [0.1, 0.15) is 5.75 Å². The Morgan fingerprint density at radius 3 is 2.64 bits per heavy atom. The second-order valence-corrected chi connectivity index (χ2v) is 8.98. The summed E-state index contributed by atoms with van der Waals surface area (Å²) in [4.78, 5) is 17.1. The van der Waals surface area contributed by atoms with Gasteiger partial charge in [-0.1, -0.05) is 55.1 Å². The molecule has 2 aromatic heterocycles. The first-order valence-electron chi connectivity index (χ1n) is 10.7. The number of amides is 1. The van der Waals surface area contributed by atoms with Gasteiger partial charge >= 0.3 is 0 Å². The average molecular weight is 480 g/mol. The fourth-order valence-electron chi connectivity index (χ4n) is 3.37. The van der Waals surface area contributed by atoms with E-state index in [4.69, 9.17) is 4.74 Å². The van der Waals surface area contributed by atoms with Crippen molar-refractivity contribution in [3.05, 3.63) is 59.5 Å². The Hall–Kier alpha value is -3.17. The number of thioether (sulfide) groups is 1. The van der Waals surface area contributed by atoms with Crippen molar-refractivity contribution < 1.29 is 9.53 Å². The van der Waals surface area contributed by atoms with Crippen molar-refractivity contribution in [2.45, 2.75) is 32.0 Å². The summed E-state index contributed by atoms with van der Waals surface area (Å²) >= 11 is 2.77. The first-order chi connectivity index (χ1) is 16.1. The fraction of sp³-hybridized carbons (Fsp3) is 0.250. The third-order valence-corrected chi connectivity index (χ3v) is 6.85. The fourth-order valence-corrected chi connectivity index (χ4v) is 4.91. The largest absolute Gasteiger partial charge is 0.496 e. The molecule has 9 heteroatoms. The average Bonchev–Trinajstić information content (AvgIpc) is 3.49. The number of ether oxygens (including phenoxy) is 1. The number of benzene rings is 2. The normalized spacial score (nSPS) is 10.9. The number of carbonyl (C=O) groups excluding carboxylic acids is 1. The highest BCUT2D eigenvalue weighted by Gasteiger charge is 2.17. The second kappa shape index (κ2) is 10.6. The molecule has 4 aromatic rings. The number of nitrogens with zero attached hydrogens (tertiary/aromatic N) is 4. The van der Waals surface area contributed by atoms with Crippen LogP contribution in [0.5, 0.6) is 5.75 Å². The number of anilines is 1. The monoisotopic (exact) mass is 479 g/mol. The topological polar surface area (TPSA) is 81.9 Å². The molecular formula is C24H25N5O2S2. The van der Waals surface area contributed by atoms with Gasteiger partial charge in [-0.2, -0.15) is 0 Å². The van der Waals surface area contributed by atoms with Gasteiger partial charge in [-0.05, 0) is 31.0 Å². The van der Waals surface area contributed by atoms with E-state index in [0.717, 1.165) is 34.8 Å². The summed E-state index contributed by atoms with van der Waals surface area (Å²) in [7, 11) is 1.63.